The van der Waals surface area contributed by atoms with E-state index < -0.39 is 11.4 Å². The normalized spacial score (nSPS) is 20.6. The molecule has 29 heavy (non-hydrogen) atoms. The molecule has 1 saturated heterocycles. The van der Waals surface area contributed by atoms with Crippen molar-refractivity contribution >= 4 is 40.7 Å². The van der Waals surface area contributed by atoms with Gasteiger partial charge in [-0.25, -0.2) is 0 Å². The molecular weight excluding hydrogens is 390 g/mol. The Balaban J connectivity index is 1.48. The van der Waals surface area contributed by atoms with Gasteiger partial charge in [0.2, 0.25) is 11.8 Å². The standard InChI is InChI=1S/C22H20ClN3O3/c23-16-6-8-17(9-7-16)24-19(27)10-11-20(28)26-13-3-12-22(26)14-15-4-1-2-5-18(15)25-21(22)29/h1-2,4-11H,3,12-14H2,(H,24,27)(H,25,29). The third-order valence-corrected chi connectivity index (χ3v) is 5.67. The molecule has 148 valence electrons. The summed E-state index contributed by atoms with van der Waals surface area (Å²) in [6, 6.07) is 14.3. The van der Waals surface area contributed by atoms with Gasteiger partial charge in [-0.3, -0.25) is 14.4 Å². The summed E-state index contributed by atoms with van der Waals surface area (Å²) in [5.41, 5.74) is 1.48. The van der Waals surface area contributed by atoms with Crippen LogP contribution in [0.4, 0.5) is 11.4 Å². The topological polar surface area (TPSA) is 78.5 Å². The highest BCUT2D eigenvalue weighted by atomic mass is 35.5. The molecule has 6 nitrogen and oxygen atoms in total. The van der Waals surface area contributed by atoms with Crippen molar-refractivity contribution in [3.63, 3.8) is 0 Å². The lowest BCUT2D eigenvalue weighted by molar-refractivity contribution is -0.139. The van der Waals surface area contributed by atoms with Crippen LogP contribution in [0.1, 0.15) is 18.4 Å². The minimum atomic E-state index is -0.900. The van der Waals surface area contributed by atoms with Crippen LogP contribution in [0, 0.1) is 0 Å². The molecule has 2 aliphatic heterocycles. The van der Waals surface area contributed by atoms with Crippen molar-refractivity contribution in [2.24, 2.45) is 0 Å². The summed E-state index contributed by atoms with van der Waals surface area (Å²) in [5, 5.41) is 6.18. The first-order valence-corrected chi connectivity index (χ1v) is 9.81. The Morgan fingerprint density at radius 3 is 2.66 bits per heavy atom. The van der Waals surface area contributed by atoms with Gasteiger partial charge in [-0.15, -0.1) is 0 Å². The first-order chi connectivity index (χ1) is 14.0. The predicted octanol–water partition coefficient (Wildman–Crippen LogP) is 3.39. The molecule has 1 unspecified atom stereocenters. The predicted molar refractivity (Wildman–Crippen MR) is 112 cm³/mol. The number of carbonyl (C=O) groups is 3. The van der Waals surface area contributed by atoms with Crippen LogP contribution in [0.2, 0.25) is 5.02 Å². The summed E-state index contributed by atoms with van der Waals surface area (Å²) in [6.45, 7) is 0.484. The SMILES string of the molecule is O=C(C=CC(=O)N1CCCC12Cc1ccccc1NC2=O)Nc1ccc(Cl)cc1. The van der Waals surface area contributed by atoms with Gasteiger partial charge in [0.15, 0.2) is 0 Å². The van der Waals surface area contributed by atoms with E-state index in [0.29, 0.717) is 30.1 Å². The number of para-hydroxylation sites is 1. The molecule has 1 fully saturated rings. The van der Waals surface area contributed by atoms with Gasteiger partial charge in [0, 0.05) is 41.5 Å². The summed E-state index contributed by atoms with van der Waals surface area (Å²) in [7, 11) is 0. The average Bonchev–Trinajstić information content (AvgIpc) is 3.13. The molecule has 0 radical (unpaired) electrons. The number of anilines is 2. The maximum atomic E-state index is 12.9. The second-order valence-electron chi connectivity index (χ2n) is 7.24. The zero-order valence-corrected chi connectivity index (χ0v) is 16.4. The van der Waals surface area contributed by atoms with E-state index in [0.717, 1.165) is 17.7 Å². The average molecular weight is 410 g/mol. The van der Waals surface area contributed by atoms with Gasteiger partial charge in [-0.2, -0.15) is 0 Å². The van der Waals surface area contributed by atoms with Crippen LogP contribution in [-0.2, 0) is 20.8 Å². The van der Waals surface area contributed by atoms with Gasteiger partial charge >= 0.3 is 0 Å². The molecule has 1 spiro atoms. The lowest BCUT2D eigenvalue weighted by Crippen LogP contribution is -2.58. The Bertz CT molecular complexity index is 1000. The number of nitrogens with zero attached hydrogens (tertiary/aromatic N) is 1. The third kappa shape index (κ3) is 3.76. The van der Waals surface area contributed by atoms with E-state index in [2.05, 4.69) is 10.6 Å². The Morgan fingerprint density at radius 1 is 1.10 bits per heavy atom. The van der Waals surface area contributed by atoms with E-state index in [1.807, 2.05) is 24.3 Å². The minimum absolute atomic E-state index is 0.166. The first kappa shape index (κ1) is 19.2. The van der Waals surface area contributed by atoms with Gasteiger partial charge < -0.3 is 15.5 Å². The monoisotopic (exact) mass is 409 g/mol. The van der Waals surface area contributed by atoms with E-state index in [4.69, 9.17) is 11.6 Å². The smallest absolute Gasteiger partial charge is 0.250 e. The number of amides is 3. The van der Waals surface area contributed by atoms with Gasteiger partial charge in [-0.1, -0.05) is 29.8 Å². The van der Waals surface area contributed by atoms with Crippen molar-refractivity contribution in [2.45, 2.75) is 24.8 Å². The van der Waals surface area contributed by atoms with Crippen LogP contribution in [-0.4, -0.2) is 34.7 Å². The second-order valence-corrected chi connectivity index (χ2v) is 7.68. The lowest BCUT2D eigenvalue weighted by atomic mass is 9.83. The number of likely N-dealkylation sites (tertiary alicyclic amines) is 1. The number of hydrogen-bond donors (Lipinski definition) is 2. The van der Waals surface area contributed by atoms with Crippen LogP contribution in [0.25, 0.3) is 0 Å². The Hall–Kier alpha value is -3.12. The van der Waals surface area contributed by atoms with Crippen LogP contribution >= 0.6 is 11.6 Å². The molecular formula is C22H20ClN3O3. The largest absolute Gasteiger partial charge is 0.324 e. The van der Waals surface area contributed by atoms with Crippen molar-refractivity contribution in [1.29, 1.82) is 0 Å². The quantitative estimate of drug-likeness (QED) is 0.763. The molecule has 0 aliphatic carbocycles. The van der Waals surface area contributed by atoms with E-state index in [-0.39, 0.29) is 11.8 Å². The Morgan fingerprint density at radius 2 is 1.86 bits per heavy atom. The highest BCUT2D eigenvalue weighted by Crippen LogP contribution is 2.39. The number of hydrogen-bond acceptors (Lipinski definition) is 3. The van der Waals surface area contributed by atoms with E-state index in [1.165, 1.54) is 12.2 Å². The number of benzene rings is 2. The summed E-state index contributed by atoms with van der Waals surface area (Å²) in [6.07, 6.45) is 4.24. The maximum absolute atomic E-state index is 12.9. The fraction of sp³-hybridized carbons (Fsp3) is 0.227. The second kappa shape index (κ2) is 7.72. The van der Waals surface area contributed by atoms with Gasteiger partial charge in [0.1, 0.15) is 5.54 Å². The van der Waals surface area contributed by atoms with Crippen LogP contribution < -0.4 is 10.6 Å². The van der Waals surface area contributed by atoms with Crippen LogP contribution in [0.3, 0.4) is 0 Å². The molecule has 2 aromatic rings. The van der Waals surface area contributed by atoms with Gasteiger partial charge in [-0.05, 0) is 48.7 Å². The van der Waals surface area contributed by atoms with Crippen molar-refractivity contribution in [3.8, 4) is 0 Å². The third-order valence-electron chi connectivity index (χ3n) is 5.41. The zero-order chi connectivity index (χ0) is 20.4. The fourth-order valence-electron chi connectivity index (χ4n) is 4.00. The number of fused-ring (bicyclic) bond motifs is 1. The summed E-state index contributed by atoms with van der Waals surface area (Å²) in [5.74, 6) is -0.934. The van der Waals surface area contributed by atoms with E-state index in [9.17, 15) is 14.4 Å². The highest BCUT2D eigenvalue weighted by Gasteiger charge is 2.51. The molecule has 0 bridgehead atoms. The Labute approximate surface area is 173 Å². The Kier molecular flexibility index (Phi) is 5.11. The van der Waals surface area contributed by atoms with Gasteiger partial charge in [0.25, 0.3) is 5.91 Å². The molecule has 2 heterocycles. The molecule has 7 heteroatoms. The highest BCUT2D eigenvalue weighted by molar-refractivity contribution is 6.30. The zero-order valence-electron chi connectivity index (χ0n) is 15.7. The van der Waals surface area contributed by atoms with Crippen LogP contribution in [0.15, 0.2) is 60.7 Å². The summed E-state index contributed by atoms with van der Waals surface area (Å²) >= 11 is 5.83. The maximum Gasteiger partial charge on any atom is 0.250 e. The summed E-state index contributed by atoms with van der Waals surface area (Å²) in [4.78, 5) is 39.4. The number of carbonyl (C=O) groups excluding carboxylic acids is 3. The lowest BCUT2D eigenvalue weighted by Gasteiger charge is -2.40. The molecule has 2 aliphatic rings. The molecule has 0 aromatic heterocycles. The van der Waals surface area contributed by atoms with Crippen molar-refractivity contribution < 1.29 is 14.4 Å². The molecule has 3 amide bonds. The van der Waals surface area contributed by atoms with Crippen molar-refractivity contribution in [1.82, 2.24) is 4.90 Å². The first-order valence-electron chi connectivity index (χ1n) is 9.43. The number of rotatable bonds is 3. The van der Waals surface area contributed by atoms with Crippen LogP contribution in [0.5, 0.6) is 0 Å². The molecule has 2 aromatic carbocycles. The fourth-order valence-corrected chi connectivity index (χ4v) is 4.13. The number of nitrogens with one attached hydrogen (secondary N) is 2. The summed E-state index contributed by atoms with van der Waals surface area (Å²) < 4.78 is 0. The van der Waals surface area contributed by atoms with E-state index >= 15 is 0 Å². The van der Waals surface area contributed by atoms with Crippen molar-refractivity contribution in [2.75, 3.05) is 17.2 Å². The number of halogens is 1. The van der Waals surface area contributed by atoms with Gasteiger partial charge in [0.05, 0.1) is 0 Å². The van der Waals surface area contributed by atoms with E-state index in [1.54, 1.807) is 29.2 Å². The molecule has 4 rings (SSSR count). The molecule has 2 N–H and O–H groups in total. The molecule has 0 saturated carbocycles. The molecule has 1 atom stereocenters. The van der Waals surface area contributed by atoms with Crippen molar-refractivity contribution in [3.05, 3.63) is 71.3 Å². The minimum Gasteiger partial charge on any atom is -0.324 e.